The van der Waals surface area contributed by atoms with Crippen LogP contribution in [0.2, 0.25) is 0 Å². The lowest BCUT2D eigenvalue weighted by Crippen LogP contribution is -2.24. The Morgan fingerprint density at radius 3 is 2.54 bits per heavy atom. The normalized spacial score (nSPS) is 22.3. The van der Waals surface area contributed by atoms with E-state index < -0.39 is 18.3 Å². The van der Waals surface area contributed by atoms with E-state index in [0.717, 1.165) is 19.3 Å². The standard InChI is InChI=1S/C33H46O6/c1-3-5-9-16-28(25-38-23-4-2)39-33(37)18-13-7-6-12-17-29-30(32(36)24-31(29)35)22-21-27(34)20-19-26-14-10-8-11-15-26/h1-2,6,8,10-12,14-15,27-32,34-36H,5,7,9,13,16-25H2/b12-6-/t27-,28?,29+,30+,31-,32+/m0/s1. The first kappa shape index (κ1) is 32.6. The smallest absolute Gasteiger partial charge is 0.306 e. The third-order valence-corrected chi connectivity index (χ3v) is 7.42. The molecule has 3 N–H and O–H groups in total. The lowest BCUT2D eigenvalue weighted by atomic mass is 9.85. The van der Waals surface area contributed by atoms with Crippen LogP contribution >= 0.6 is 0 Å². The van der Waals surface area contributed by atoms with Crippen LogP contribution < -0.4 is 0 Å². The average Bonchev–Trinajstić information content (AvgIpc) is 3.20. The summed E-state index contributed by atoms with van der Waals surface area (Å²) in [7, 11) is 0. The third kappa shape index (κ3) is 13.3. The zero-order chi connectivity index (χ0) is 28.3. The maximum Gasteiger partial charge on any atom is 0.306 e. The minimum absolute atomic E-state index is 0.0330. The molecular formula is C33H46O6. The van der Waals surface area contributed by atoms with Gasteiger partial charge in [0.05, 0.1) is 24.9 Å². The van der Waals surface area contributed by atoms with Gasteiger partial charge in [-0.3, -0.25) is 4.79 Å². The third-order valence-electron chi connectivity index (χ3n) is 7.42. The molecule has 1 saturated carbocycles. The summed E-state index contributed by atoms with van der Waals surface area (Å²) in [5.74, 6) is 4.66. The number of rotatable bonds is 19. The number of ether oxygens (including phenoxy) is 2. The highest BCUT2D eigenvalue weighted by molar-refractivity contribution is 5.69. The topological polar surface area (TPSA) is 96.2 Å². The summed E-state index contributed by atoms with van der Waals surface area (Å²) in [5, 5.41) is 31.5. The fourth-order valence-electron chi connectivity index (χ4n) is 5.25. The van der Waals surface area contributed by atoms with Crippen molar-refractivity contribution >= 4 is 5.97 Å². The Bertz CT molecular complexity index is 894. The number of terminal acetylenes is 2. The summed E-state index contributed by atoms with van der Waals surface area (Å²) < 4.78 is 10.9. The Morgan fingerprint density at radius 2 is 1.79 bits per heavy atom. The molecule has 2 rings (SSSR count). The van der Waals surface area contributed by atoms with E-state index >= 15 is 0 Å². The van der Waals surface area contributed by atoms with E-state index in [9.17, 15) is 20.1 Å². The second-order valence-corrected chi connectivity index (χ2v) is 10.5. The van der Waals surface area contributed by atoms with Crippen molar-refractivity contribution in [3.05, 3.63) is 48.0 Å². The summed E-state index contributed by atoms with van der Waals surface area (Å²) in [6, 6.07) is 10.1. The molecule has 0 aliphatic heterocycles. The second-order valence-electron chi connectivity index (χ2n) is 10.5. The summed E-state index contributed by atoms with van der Waals surface area (Å²) in [6.45, 7) is 0.442. The van der Waals surface area contributed by atoms with Crippen LogP contribution in [0.15, 0.2) is 42.5 Å². The van der Waals surface area contributed by atoms with E-state index in [1.165, 1.54) is 5.56 Å². The molecule has 1 aromatic carbocycles. The Balaban J connectivity index is 1.68. The maximum absolute atomic E-state index is 12.3. The van der Waals surface area contributed by atoms with E-state index in [2.05, 4.69) is 24.0 Å². The second kappa shape index (κ2) is 19.4. The largest absolute Gasteiger partial charge is 0.460 e. The highest BCUT2D eigenvalue weighted by Crippen LogP contribution is 2.38. The van der Waals surface area contributed by atoms with E-state index in [0.29, 0.717) is 57.8 Å². The van der Waals surface area contributed by atoms with E-state index in [4.69, 9.17) is 22.3 Å². The number of unbranched alkanes of at least 4 members (excludes halogenated alkanes) is 2. The first-order valence-electron chi connectivity index (χ1n) is 14.3. The number of hydrogen-bond donors (Lipinski definition) is 3. The molecule has 0 amide bonds. The van der Waals surface area contributed by atoms with Gasteiger partial charge in [-0.1, -0.05) is 48.4 Å². The molecule has 0 saturated heterocycles. The Labute approximate surface area is 234 Å². The van der Waals surface area contributed by atoms with Crippen LogP contribution in [-0.2, 0) is 20.7 Å². The van der Waals surface area contributed by atoms with Crippen LogP contribution in [0.3, 0.4) is 0 Å². The van der Waals surface area contributed by atoms with Crippen LogP contribution in [0.1, 0.15) is 76.2 Å². The zero-order valence-corrected chi connectivity index (χ0v) is 23.1. The molecule has 1 aliphatic carbocycles. The summed E-state index contributed by atoms with van der Waals surface area (Å²) in [4.78, 5) is 12.3. The Kier molecular flexibility index (Phi) is 16.3. The van der Waals surface area contributed by atoms with Crippen molar-refractivity contribution in [2.75, 3.05) is 13.2 Å². The molecule has 6 nitrogen and oxygen atoms in total. The molecule has 0 heterocycles. The van der Waals surface area contributed by atoms with E-state index in [-0.39, 0.29) is 37.1 Å². The number of carbonyl (C=O) groups excluding carboxylic acids is 1. The van der Waals surface area contributed by atoms with Crippen molar-refractivity contribution in [3.8, 4) is 24.7 Å². The van der Waals surface area contributed by atoms with Crippen molar-refractivity contribution in [3.63, 3.8) is 0 Å². The Hall–Kier alpha value is -2.61. The molecule has 1 aromatic rings. The van der Waals surface area contributed by atoms with Crippen molar-refractivity contribution in [1.82, 2.24) is 0 Å². The number of benzene rings is 1. The molecule has 1 aliphatic rings. The molecule has 6 heteroatoms. The van der Waals surface area contributed by atoms with Crippen LogP contribution in [0.25, 0.3) is 0 Å². The summed E-state index contributed by atoms with van der Waals surface area (Å²) in [6.07, 6.45) is 20.3. The van der Waals surface area contributed by atoms with Gasteiger partial charge in [0.25, 0.3) is 0 Å². The fourth-order valence-corrected chi connectivity index (χ4v) is 5.25. The van der Waals surface area contributed by atoms with E-state index in [1.54, 1.807) is 0 Å². The quantitative estimate of drug-likeness (QED) is 0.103. The van der Waals surface area contributed by atoms with Gasteiger partial charge in [0.15, 0.2) is 0 Å². The predicted octanol–water partition coefficient (Wildman–Crippen LogP) is 4.60. The van der Waals surface area contributed by atoms with Gasteiger partial charge in [0.2, 0.25) is 0 Å². The molecule has 39 heavy (non-hydrogen) atoms. The van der Waals surface area contributed by atoms with Crippen molar-refractivity contribution in [1.29, 1.82) is 0 Å². The first-order chi connectivity index (χ1) is 18.9. The average molecular weight is 539 g/mol. The van der Waals surface area contributed by atoms with Gasteiger partial charge in [-0.25, -0.2) is 0 Å². The van der Waals surface area contributed by atoms with Crippen molar-refractivity contribution < 1.29 is 29.6 Å². The first-order valence-corrected chi connectivity index (χ1v) is 14.3. The van der Waals surface area contributed by atoms with Gasteiger partial charge in [0.1, 0.15) is 12.7 Å². The van der Waals surface area contributed by atoms with Crippen molar-refractivity contribution in [2.45, 2.75) is 101 Å². The highest BCUT2D eigenvalue weighted by atomic mass is 16.6. The molecule has 1 fully saturated rings. The van der Waals surface area contributed by atoms with Gasteiger partial charge in [-0.15, -0.1) is 18.8 Å². The SMILES string of the molecule is C#CCCCC(COCC#C)OC(=O)CCC/C=C\C[C@@H]1[C@@H](CC[C@@H](O)CCc2ccccc2)[C@H](O)C[C@@H]1O. The minimum Gasteiger partial charge on any atom is -0.460 e. The number of allylic oxidation sites excluding steroid dienone is 2. The predicted molar refractivity (Wildman–Crippen MR) is 153 cm³/mol. The maximum atomic E-state index is 12.3. The van der Waals surface area contributed by atoms with Gasteiger partial charge in [-0.05, 0) is 81.6 Å². The summed E-state index contributed by atoms with van der Waals surface area (Å²) in [5.41, 5.74) is 1.21. The Morgan fingerprint density at radius 1 is 1.03 bits per heavy atom. The molecule has 0 bridgehead atoms. The lowest BCUT2D eigenvalue weighted by molar-refractivity contribution is -0.152. The number of hydrogen-bond acceptors (Lipinski definition) is 6. The monoisotopic (exact) mass is 538 g/mol. The number of aryl methyl sites for hydroxylation is 1. The fraction of sp³-hybridized carbons (Fsp3) is 0.606. The van der Waals surface area contributed by atoms with Gasteiger partial charge >= 0.3 is 5.97 Å². The van der Waals surface area contributed by atoms with Crippen LogP contribution in [0, 0.1) is 36.5 Å². The number of aliphatic hydroxyl groups is 3. The highest BCUT2D eigenvalue weighted by Gasteiger charge is 2.40. The number of carbonyl (C=O) groups is 1. The van der Waals surface area contributed by atoms with Crippen LogP contribution in [0.4, 0.5) is 0 Å². The number of esters is 1. The lowest BCUT2D eigenvalue weighted by Gasteiger charge is -2.23. The zero-order valence-electron chi connectivity index (χ0n) is 23.1. The molecule has 0 aromatic heterocycles. The number of aliphatic hydroxyl groups excluding tert-OH is 3. The molecular weight excluding hydrogens is 492 g/mol. The van der Waals surface area contributed by atoms with Gasteiger partial charge in [-0.2, -0.15) is 0 Å². The van der Waals surface area contributed by atoms with Crippen LogP contribution in [0.5, 0.6) is 0 Å². The van der Waals surface area contributed by atoms with E-state index in [1.807, 2.05) is 30.4 Å². The van der Waals surface area contributed by atoms with Gasteiger partial charge in [0, 0.05) is 12.8 Å². The molecule has 0 spiro atoms. The molecule has 1 unspecified atom stereocenters. The molecule has 214 valence electrons. The molecule has 6 atom stereocenters. The minimum atomic E-state index is -0.548. The van der Waals surface area contributed by atoms with Gasteiger partial charge < -0.3 is 24.8 Å². The summed E-state index contributed by atoms with van der Waals surface area (Å²) >= 11 is 0. The molecule has 0 radical (unpaired) electrons. The van der Waals surface area contributed by atoms with Crippen LogP contribution in [-0.4, -0.2) is 58.9 Å². The van der Waals surface area contributed by atoms with Crippen molar-refractivity contribution in [2.24, 2.45) is 11.8 Å².